The van der Waals surface area contributed by atoms with Crippen LogP contribution in [0.25, 0.3) is 0 Å². The number of rotatable bonds is 8. The normalized spacial score (nSPS) is 44.7. The second kappa shape index (κ2) is 12.3. The van der Waals surface area contributed by atoms with Gasteiger partial charge in [0.2, 0.25) is 0 Å². The van der Waals surface area contributed by atoms with Gasteiger partial charge in [-0.15, -0.1) is 0 Å². The molecule has 2 aromatic carbocycles. The molecule has 2 aromatic rings. The standard InChI is InChI=1S/C26H35NO4.C25H33NO4/c1-23(2,29)18-13-24-8-9-26(18,30-3)22-25(24)10-11-27(14-15-4-5-15)19(24)12-16-6-7-17(28)21(31-22)20(16)25;1-5-8-22(2,28)17-14-23-9-10-25(17,29-4)21-24(23)11-12-26(3)18(23)13-15-6-7-16(27)20(30-21)19(15)24/h6-7,15,18-19,22,28-29H,4-5,8-14H2,1-3H3;6-7,9-10,17-18,21,27-28H,5,8,11-14H2,1-4H3/t18-,19-,22-,24-,25+,26-;17-,18-,21-,22-,23-,24+,25-/m11/s1. The first kappa shape index (κ1) is 39.7. The Bertz CT molecular complexity index is 2230. The highest BCUT2D eigenvalue weighted by Gasteiger charge is 2.83. The topological polar surface area (TPSA) is 124 Å². The number of methoxy groups -OCH3 is 2. The summed E-state index contributed by atoms with van der Waals surface area (Å²) in [6.07, 6.45) is 16.6. The van der Waals surface area contributed by atoms with Gasteiger partial charge in [0.25, 0.3) is 0 Å². The van der Waals surface area contributed by atoms with Gasteiger partial charge in [-0.1, -0.05) is 37.6 Å². The highest BCUT2D eigenvalue weighted by Crippen LogP contribution is 2.78. The van der Waals surface area contributed by atoms with Crippen molar-refractivity contribution in [2.75, 3.05) is 40.9 Å². The quantitative estimate of drug-likeness (QED) is 0.218. The predicted octanol–water partition coefficient (Wildman–Crippen LogP) is 6.55. The minimum absolute atomic E-state index is 0.0123. The first-order valence-electron chi connectivity index (χ1n) is 23.8. The third-order valence-corrected chi connectivity index (χ3v) is 20.1. The Hall–Kier alpha value is -2.86. The van der Waals surface area contributed by atoms with E-state index in [1.54, 1.807) is 13.2 Å². The minimum Gasteiger partial charge on any atom is -0.504 e. The molecule has 0 unspecified atom stereocenters. The molecule has 0 aromatic heterocycles. The summed E-state index contributed by atoms with van der Waals surface area (Å²) >= 11 is 0. The summed E-state index contributed by atoms with van der Waals surface area (Å²) in [4.78, 5) is 5.32. The number of phenolic OH excluding ortho intramolecular Hbond substituents is 2. The predicted molar refractivity (Wildman–Crippen MR) is 230 cm³/mol. The third kappa shape index (κ3) is 4.43. The molecule has 4 aliphatic heterocycles. The summed E-state index contributed by atoms with van der Waals surface area (Å²) in [5, 5.41) is 44.6. The highest BCUT2D eigenvalue weighted by molar-refractivity contribution is 5.66. The molecule has 61 heavy (non-hydrogen) atoms. The van der Waals surface area contributed by atoms with Crippen molar-refractivity contribution < 1.29 is 39.4 Å². The van der Waals surface area contributed by atoms with Gasteiger partial charge in [-0.3, -0.25) is 4.90 Å². The molecule has 330 valence electrons. The van der Waals surface area contributed by atoms with Crippen LogP contribution in [-0.4, -0.2) is 118 Å². The number of aliphatic hydroxyl groups is 2. The Kier molecular flexibility index (Phi) is 7.99. The third-order valence-electron chi connectivity index (χ3n) is 20.1. The van der Waals surface area contributed by atoms with E-state index in [1.165, 1.54) is 41.6 Å². The zero-order valence-electron chi connectivity index (χ0n) is 37.4. The van der Waals surface area contributed by atoms with Gasteiger partial charge in [0.15, 0.2) is 23.0 Å². The van der Waals surface area contributed by atoms with Gasteiger partial charge in [0.1, 0.15) is 23.4 Å². The Morgan fingerprint density at radius 1 is 0.770 bits per heavy atom. The molecule has 13 aliphatic rings. The molecule has 7 fully saturated rings. The summed E-state index contributed by atoms with van der Waals surface area (Å²) in [5.74, 6) is 2.68. The number of likely N-dealkylation sites (tertiary alicyclic amines) is 2. The Morgan fingerprint density at radius 3 is 2.07 bits per heavy atom. The van der Waals surface area contributed by atoms with Crippen LogP contribution in [-0.2, 0) is 33.1 Å². The van der Waals surface area contributed by atoms with E-state index in [2.05, 4.69) is 48.1 Å². The second-order valence-electron chi connectivity index (χ2n) is 22.7. The summed E-state index contributed by atoms with van der Waals surface area (Å²) < 4.78 is 26.3. The van der Waals surface area contributed by atoms with Gasteiger partial charge in [0.05, 0.1) is 16.6 Å². The number of benzene rings is 2. The number of hydrogen-bond acceptors (Lipinski definition) is 10. The van der Waals surface area contributed by atoms with Crippen molar-refractivity contribution in [3.05, 3.63) is 58.7 Å². The van der Waals surface area contributed by atoms with E-state index < -0.39 is 22.4 Å². The lowest BCUT2D eigenvalue weighted by atomic mass is 9.34. The van der Waals surface area contributed by atoms with Crippen molar-refractivity contribution in [3.63, 3.8) is 0 Å². The van der Waals surface area contributed by atoms with Crippen molar-refractivity contribution in [2.45, 2.75) is 162 Å². The first-order chi connectivity index (χ1) is 29.0. The number of aromatic hydroxyl groups is 2. The summed E-state index contributed by atoms with van der Waals surface area (Å²) in [5.41, 5.74) is 1.86. The zero-order valence-corrected chi connectivity index (χ0v) is 37.4. The fourth-order valence-corrected chi connectivity index (χ4v) is 17.7. The monoisotopic (exact) mass is 836 g/mol. The average molecular weight is 837 g/mol. The van der Waals surface area contributed by atoms with E-state index in [1.807, 2.05) is 33.9 Å². The average Bonchev–Trinajstić information content (AvgIpc) is 3.86. The van der Waals surface area contributed by atoms with Gasteiger partial charge in [-0.25, -0.2) is 0 Å². The SMILES string of the molecule is CCC[C@@](C)(O)[C@H]1C[C@@]23C=C[C@]1(OC)[C@@H]1Oc4c(O)ccc5c4[C@@]12CCN(C)[C@@H]3C5.CO[C@]12CC[C@@]3(C[C@@H]1C(C)(C)O)[C@H]1Cc4ccc(O)c5c4[C@@]3(CCN1CC1CC1)[C@H]2O5. The Morgan fingerprint density at radius 2 is 1.43 bits per heavy atom. The summed E-state index contributed by atoms with van der Waals surface area (Å²) in [6.45, 7) is 11.3. The summed E-state index contributed by atoms with van der Waals surface area (Å²) in [7, 11) is 5.81. The maximum Gasteiger partial charge on any atom is 0.165 e. The highest BCUT2D eigenvalue weighted by atomic mass is 16.6. The van der Waals surface area contributed by atoms with E-state index >= 15 is 0 Å². The van der Waals surface area contributed by atoms with E-state index in [-0.39, 0.29) is 57.2 Å². The number of likely N-dealkylation sites (N-methyl/N-ethyl adjacent to an activating group) is 1. The van der Waals surface area contributed by atoms with E-state index in [0.29, 0.717) is 23.6 Å². The van der Waals surface area contributed by atoms with Crippen LogP contribution in [0.4, 0.5) is 0 Å². The molecule has 8 bridgehead atoms. The maximum absolute atomic E-state index is 11.7. The van der Waals surface area contributed by atoms with Crippen LogP contribution in [0.1, 0.15) is 114 Å². The van der Waals surface area contributed by atoms with Crippen molar-refractivity contribution in [3.8, 4) is 23.0 Å². The largest absolute Gasteiger partial charge is 0.504 e. The molecule has 5 saturated carbocycles. The van der Waals surface area contributed by atoms with Gasteiger partial charge in [-0.2, -0.15) is 0 Å². The van der Waals surface area contributed by atoms with Crippen LogP contribution < -0.4 is 9.47 Å². The lowest BCUT2D eigenvalue weighted by molar-refractivity contribution is -0.300. The molecule has 10 heteroatoms. The number of ether oxygens (including phenoxy) is 4. The molecule has 4 spiro atoms. The lowest BCUT2D eigenvalue weighted by Crippen LogP contribution is -2.82. The van der Waals surface area contributed by atoms with Crippen molar-refractivity contribution in [1.82, 2.24) is 9.80 Å². The molecule has 4 N–H and O–H groups in total. The summed E-state index contributed by atoms with van der Waals surface area (Å²) in [6, 6.07) is 8.70. The molecule has 0 radical (unpaired) electrons. The molecule has 9 aliphatic carbocycles. The van der Waals surface area contributed by atoms with Crippen LogP contribution in [0.3, 0.4) is 0 Å². The zero-order chi connectivity index (χ0) is 42.5. The lowest BCUT2D eigenvalue weighted by Gasteiger charge is -2.75. The Balaban J connectivity index is 0.000000131. The van der Waals surface area contributed by atoms with Crippen LogP contribution in [0.5, 0.6) is 23.0 Å². The molecule has 2 saturated heterocycles. The van der Waals surface area contributed by atoms with Gasteiger partial charge >= 0.3 is 0 Å². The van der Waals surface area contributed by atoms with Crippen LogP contribution in [0.2, 0.25) is 0 Å². The number of fused-ring (bicyclic) bond motifs is 3. The minimum atomic E-state index is -0.850. The van der Waals surface area contributed by atoms with Gasteiger partial charge < -0.3 is 44.3 Å². The number of phenols is 2. The van der Waals surface area contributed by atoms with Gasteiger partial charge in [-0.05, 0) is 141 Å². The molecule has 0 amide bonds. The van der Waals surface area contributed by atoms with E-state index in [0.717, 1.165) is 83.2 Å². The first-order valence-corrected chi connectivity index (χ1v) is 23.8. The van der Waals surface area contributed by atoms with Crippen molar-refractivity contribution in [2.24, 2.45) is 28.6 Å². The van der Waals surface area contributed by atoms with Gasteiger partial charge in [0, 0.05) is 72.1 Å². The molecular formula is C51H68N2O8. The van der Waals surface area contributed by atoms with Crippen molar-refractivity contribution >= 4 is 0 Å². The van der Waals surface area contributed by atoms with E-state index in [4.69, 9.17) is 18.9 Å². The van der Waals surface area contributed by atoms with Crippen LogP contribution >= 0.6 is 0 Å². The second-order valence-corrected chi connectivity index (χ2v) is 22.7. The smallest absolute Gasteiger partial charge is 0.165 e. The molecule has 13 atom stereocenters. The molecule has 10 nitrogen and oxygen atoms in total. The maximum atomic E-state index is 11.7. The van der Waals surface area contributed by atoms with Crippen molar-refractivity contribution in [1.29, 1.82) is 0 Å². The molecule has 15 rings (SSSR count). The molecule has 4 heterocycles. The number of nitrogens with zero attached hydrogens (tertiary/aromatic N) is 2. The Labute approximate surface area is 361 Å². The fourth-order valence-electron chi connectivity index (χ4n) is 17.7. The number of hydrogen-bond donors (Lipinski definition) is 4. The van der Waals surface area contributed by atoms with E-state index in [9.17, 15) is 20.4 Å². The number of piperidine rings is 2. The fraction of sp³-hybridized carbons (Fsp3) is 0.725. The van der Waals surface area contributed by atoms with Crippen LogP contribution in [0.15, 0.2) is 36.4 Å². The molecular weight excluding hydrogens is 769 g/mol. The van der Waals surface area contributed by atoms with Crippen LogP contribution in [0, 0.1) is 28.6 Å².